The Kier molecular flexibility index (Phi) is 7.40. The highest BCUT2D eigenvalue weighted by atomic mass is 32.2. The number of aryl methyl sites for hydroxylation is 4. The highest BCUT2D eigenvalue weighted by molar-refractivity contribution is 7.99. The largest absolute Gasteiger partial charge is 0.336 e. The number of nitrogens with zero attached hydrogens (tertiary/aromatic N) is 2. The van der Waals surface area contributed by atoms with Crippen molar-refractivity contribution in [3.05, 3.63) is 50.1 Å². The van der Waals surface area contributed by atoms with E-state index in [1.165, 1.54) is 11.3 Å². The molecule has 2 N–H and O–H groups in total. The van der Waals surface area contributed by atoms with Crippen molar-refractivity contribution in [2.45, 2.75) is 59.2 Å². The lowest BCUT2D eigenvalue weighted by molar-refractivity contribution is -0.117. The minimum Gasteiger partial charge on any atom is -0.336 e. The Hall–Kier alpha value is -2.65. The highest BCUT2D eigenvalue weighted by Crippen LogP contribution is 2.30. The van der Waals surface area contributed by atoms with Crippen LogP contribution >= 0.6 is 23.1 Å². The summed E-state index contributed by atoms with van der Waals surface area (Å²) < 4.78 is 1.58. The molecule has 0 saturated carbocycles. The first-order chi connectivity index (χ1) is 15.1. The maximum atomic E-state index is 13.6. The van der Waals surface area contributed by atoms with Gasteiger partial charge in [0.05, 0.1) is 16.8 Å². The molecule has 0 saturated heterocycles. The van der Waals surface area contributed by atoms with Crippen molar-refractivity contribution in [2.75, 3.05) is 5.75 Å². The van der Waals surface area contributed by atoms with Gasteiger partial charge in [-0.3, -0.25) is 19.5 Å². The first kappa shape index (κ1) is 24.0. The number of nitrogens with one attached hydrogen (secondary N) is 2. The van der Waals surface area contributed by atoms with Crippen LogP contribution in [-0.2, 0) is 11.2 Å². The molecule has 0 unspecified atom stereocenters. The minimum absolute atomic E-state index is 0.0424. The van der Waals surface area contributed by atoms with Crippen LogP contribution in [-0.4, -0.2) is 33.3 Å². The normalized spacial score (nSPS) is 11.2. The Balaban J connectivity index is 2.04. The fraction of sp³-hybridized carbons (Fsp3) is 0.391. The van der Waals surface area contributed by atoms with Gasteiger partial charge in [-0.15, -0.1) is 11.3 Å². The molecular weight excluding hydrogens is 444 g/mol. The molecule has 3 aromatic rings. The second kappa shape index (κ2) is 9.87. The Morgan fingerprint density at radius 1 is 1.19 bits per heavy atom. The quantitative estimate of drug-likeness (QED) is 0.413. The van der Waals surface area contributed by atoms with Gasteiger partial charge in [-0.2, -0.15) is 0 Å². The van der Waals surface area contributed by atoms with Gasteiger partial charge in [0.15, 0.2) is 5.16 Å². The van der Waals surface area contributed by atoms with Crippen molar-refractivity contribution in [3.8, 4) is 5.69 Å². The van der Waals surface area contributed by atoms with Gasteiger partial charge < -0.3 is 5.32 Å². The summed E-state index contributed by atoms with van der Waals surface area (Å²) in [6.45, 7) is 11.7. The Bertz CT molecular complexity index is 1240. The standard InChI is InChI=1S/C23H28N4O3S2/c1-7-17-15(6)32-20-19(17)21(29)27(16-9-8-13(4)14(5)10-16)23(26-20)31-11-18(28)25-22(30)24-12(2)3/h8-10,12H,7,11H2,1-6H3,(H2,24,25,28,30). The molecule has 9 heteroatoms. The van der Waals surface area contributed by atoms with Gasteiger partial charge >= 0.3 is 6.03 Å². The van der Waals surface area contributed by atoms with Crippen LogP contribution in [0.5, 0.6) is 0 Å². The zero-order valence-electron chi connectivity index (χ0n) is 19.2. The predicted molar refractivity (Wildman–Crippen MR) is 131 cm³/mol. The van der Waals surface area contributed by atoms with E-state index >= 15 is 0 Å². The van der Waals surface area contributed by atoms with Crippen molar-refractivity contribution >= 4 is 45.3 Å². The molecule has 3 rings (SSSR count). The predicted octanol–water partition coefficient (Wildman–Crippen LogP) is 4.26. The number of benzene rings is 1. The van der Waals surface area contributed by atoms with Crippen LogP contribution in [0.2, 0.25) is 0 Å². The van der Waals surface area contributed by atoms with Crippen LogP contribution in [0, 0.1) is 20.8 Å². The average molecular weight is 473 g/mol. The molecule has 3 amide bonds. The second-order valence-electron chi connectivity index (χ2n) is 7.94. The van der Waals surface area contributed by atoms with Gasteiger partial charge in [-0.1, -0.05) is 24.8 Å². The summed E-state index contributed by atoms with van der Waals surface area (Å²) >= 11 is 2.63. The Labute approximate surface area is 195 Å². The summed E-state index contributed by atoms with van der Waals surface area (Å²) in [5.74, 6) is -0.495. The van der Waals surface area contributed by atoms with Crippen molar-refractivity contribution < 1.29 is 9.59 Å². The average Bonchev–Trinajstić information content (AvgIpc) is 3.03. The smallest absolute Gasteiger partial charge is 0.321 e. The lowest BCUT2D eigenvalue weighted by Crippen LogP contribution is -2.43. The number of amides is 3. The number of hydrogen-bond acceptors (Lipinski definition) is 6. The summed E-state index contributed by atoms with van der Waals surface area (Å²) in [6, 6.07) is 5.20. The molecule has 0 atom stereocenters. The first-order valence-corrected chi connectivity index (χ1v) is 12.3. The molecule has 0 aliphatic rings. The molecule has 7 nitrogen and oxygen atoms in total. The van der Waals surface area contributed by atoms with E-state index in [0.29, 0.717) is 21.1 Å². The minimum atomic E-state index is -0.540. The number of aromatic nitrogens is 2. The van der Waals surface area contributed by atoms with Gasteiger partial charge in [0.1, 0.15) is 4.83 Å². The van der Waals surface area contributed by atoms with Gasteiger partial charge in [0.2, 0.25) is 5.91 Å². The second-order valence-corrected chi connectivity index (χ2v) is 10.1. The maximum absolute atomic E-state index is 13.6. The molecule has 1 aromatic carbocycles. The Morgan fingerprint density at radius 3 is 2.53 bits per heavy atom. The molecular formula is C23H28N4O3S2. The van der Waals surface area contributed by atoms with E-state index in [1.54, 1.807) is 4.57 Å². The van der Waals surface area contributed by atoms with Crippen LogP contribution in [0.4, 0.5) is 4.79 Å². The third-order valence-corrected chi connectivity index (χ3v) is 7.08. The number of hydrogen-bond donors (Lipinski definition) is 2. The van der Waals surface area contributed by atoms with Crippen molar-refractivity contribution in [2.24, 2.45) is 0 Å². The fourth-order valence-corrected chi connectivity index (χ4v) is 5.37. The van der Waals surface area contributed by atoms with E-state index in [2.05, 4.69) is 10.6 Å². The third kappa shape index (κ3) is 5.05. The lowest BCUT2D eigenvalue weighted by atomic mass is 10.1. The van der Waals surface area contributed by atoms with E-state index in [-0.39, 0.29) is 17.4 Å². The number of carbonyl (C=O) groups excluding carboxylic acids is 2. The van der Waals surface area contributed by atoms with E-state index in [0.717, 1.165) is 39.8 Å². The van der Waals surface area contributed by atoms with Crippen molar-refractivity contribution in [3.63, 3.8) is 0 Å². The van der Waals surface area contributed by atoms with Crippen molar-refractivity contribution in [1.82, 2.24) is 20.2 Å². The van der Waals surface area contributed by atoms with E-state index in [9.17, 15) is 14.4 Å². The number of fused-ring (bicyclic) bond motifs is 1. The molecule has 2 aromatic heterocycles. The summed E-state index contributed by atoms with van der Waals surface area (Å²) in [5.41, 5.74) is 3.77. The van der Waals surface area contributed by atoms with Gasteiger partial charge in [-0.25, -0.2) is 9.78 Å². The first-order valence-electron chi connectivity index (χ1n) is 10.5. The van der Waals surface area contributed by atoms with E-state index in [1.807, 2.05) is 59.7 Å². The van der Waals surface area contributed by atoms with Crippen LogP contribution in [0.3, 0.4) is 0 Å². The number of carbonyl (C=O) groups is 2. The van der Waals surface area contributed by atoms with Gasteiger partial charge in [-0.05, 0) is 69.9 Å². The van der Waals surface area contributed by atoms with Crippen LogP contribution in [0.1, 0.15) is 42.3 Å². The summed E-state index contributed by atoms with van der Waals surface area (Å²) in [5, 5.41) is 5.99. The topological polar surface area (TPSA) is 93.1 Å². The van der Waals surface area contributed by atoms with E-state index < -0.39 is 11.9 Å². The zero-order valence-corrected chi connectivity index (χ0v) is 20.8. The molecule has 0 radical (unpaired) electrons. The number of urea groups is 1. The highest BCUT2D eigenvalue weighted by Gasteiger charge is 2.20. The van der Waals surface area contributed by atoms with Crippen LogP contribution < -0.4 is 16.2 Å². The molecule has 0 aliphatic heterocycles. The number of thioether (sulfide) groups is 1. The SMILES string of the molecule is CCc1c(C)sc2nc(SCC(=O)NC(=O)NC(C)C)n(-c3ccc(C)c(C)c3)c(=O)c12. The van der Waals surface area contributed by atoms with Crippen LogP contribution in [0.25, 0.3) is 15.9 Å². The summed E-state index contributed by atoms with van der Waals surface area (Å²) in [7, 11) is 0. The number of imide groups is 1. The zero-order chi connectivity index (χ0) is 23.6. The van der Waals surface area contributed by atoms with E-state index in [4.69, 9.17) is 4.98 Å². The monoisotopic (exact) mass is 472 g/mol. The van der Waals surface area contributed by atoms with Crippen LogP contribution in [0.15, 0.2) is 28.2 Å². The van der Waals surface area contributed by atoms with Gasteiger partial charge in [0, 0.05) is 10.9 Å². The molecule has 2 heterocycles. The van der Waals surface area contributed by atoms with Crippen molar-refractivity contribution in [1.29, 1.82) is 0 Å². The number of thiophene rings is 1. The number of rotatable bonds is 6. The summed E-state index contributed by atoms with van der Waals surface area (Å²) in [6.07, 6.45) is 0.746. The molecule has 32 heavy (non-hydrogen) atoms. The molecule has 170 valence electrons. The lowest BCUT2D eigenvalue weighted by Gasteiger charge is -2.14. The molecule has 0 bridgehead atoms. The van der Waals surface area contributed by atoms with Gasteiger partial charge in [0.25, 0.3) is 5.56 Å². The molecule has 0 aliphatic carbocycles. The fourth-order valence-electron chi connectivity index (χ4n) is 3.40. The molecule has 0 fully saturated rings. The third-order valence-electron chi connectivity index (χ3n) is 5.10. The molecule has 0 spiro atoms. The maximum Gasteiger partial charge on any atom is 0.321 e. The Morgan fingerprint density at radius 2 is 1.91 bits per heavy atom. The summed E-state index contributed by atoms with van der Waals surface area (Å²) in [4.78, 5) is 44.3.